The van der Waals surface area contributed by atoms with Gasteiger partial charge in [0, 0.05) is 24.0 Å². The average Bonchev–Trinajstić information content (AvgIpc) is 2.76. The predicted molar refractivity (Wildman–Crippen MR) is 123 cm³/mol. The fourth-order valence-corrected chi connectivity index (χ4v) is 5.12. The van der Waals surface area contributed by atoms with Crippen molar-refractivity contribution < 1.29 is 4.79 Å². The van der Waals surface area contributed by atoms with Crippen molar-refractivity contribution in [3.05, 3.63) is 108 Å². The summed E-state index contributed by atoms with van der Waals surface area (Å²) in [7, 11) is 0. The SMILES string of the molecule is O=C(CCBr)NCCSC(c1ccccc1)(c1ccccc1)c1ccccc1. The molecule has 0 radical (unpaired) electrons. The van der Waals surface area contributed by atoms with Crippen LogP contribution in [0.2, 0.25) is 0 Å². The molecule has 0 spiro atoms. The molecule has 1 N–H and O–H groups in total. The lowest BCUT2D eigenvalue weighted by Gasteiger charge is -2.35. The van der Waals surface area contributed by atoms with Gasteiger partial charge in [-0.05, 0) is 16.7 Å². The van der Waals surface area contributed by atoms with Crippen molar-refractivity contribution in [1.29, 1.82) is 0 Å². The molecule has 2 nitrogen and oxygen atoms in total. The molecule has 1 amide bonds. The lowest BCUT2D eigenvalue weighted by Crippen LogP contribution is -2.30. The Kier molecular flexibility index (Phi) is 7.75. The van der Waals surface area contributed by atoms with Gasteiger partial charge in [0.25, 0.3) is 0 Å². The number of hydrogen-bond acceptors (Lipinski definition) is 2. The molecule has 0 saturated carbocycles. The first-order valence-electron chi connectivity index (χ1n) is 9.40. The summed E-state index contributed by atoms with van der Waals surface area (Å²) < 4.78 is -0.329. The molecule has 0 saturated heterocycles. The highest BCUT2D eigenvalue weighted by Gasteiger charge is 2.36. The Bertz CT molecular complexity index is 759. The molecule has 0 aliphatic carbocycles. The second-order valence-electron chi connectivity index (χ2n) is 6.42. The van der Waals surface area contributed by atoms with Crippen LogP contribution in [0.15, 0.2) is 91.0 Å². The third-order valence-electron chi connectivity index (χ3n) is 4.61. The Labute approximate surface area is 179 Å². The van der Waals surface area contributed by atoms with Crippen molar-refractivity contribution in [3.8, 4) is 0 Å². The van der Waals surface area contributed by atoms with Crippen LogP contribution < -0.4 is 5.32 Å². The summed E-state index contributed by atoms with van der Waals surface area (Å²) >= 11 is 5.18. The van der Waals surface area contributed by atoms with Crippen molar-refractivity contribution in [2.75, 3.05) is 17.6 Å². The minimum atomic E-state index is -0.329. The molecule has 0 aliphatic rings. The van der Waals surface area contributed by atoms with Gasteiger partial charge < -0.3 is 5.32 Å². The number of benzene rings is 3. The van der Waals surface area contributed by atoms with Gasteiger partial charge in [-0.15, -0.1) is 11.8 Å². The second kappa shape index (κ2) is 10.5. The van der Waals surface area contributed by atoms with E-state index >= 15 is 0 Å². The minimum Gasteiger partial charge on any atom is -0.355 e. The number of nitrogens with one attached hydrogen (secondary N) is 1. The molecule has 0 heterocycles. The molecule has 4 heteroatoms. The van der Waals surface area contributed by atoms with Crippen molar-refractivity contribution in [3.63, 3.8) is 0 Å². The maximum Gasteiger partial charge on any atom is 0.220 e. The third kappa shape index (κ3) is 4.86. The standard InChI is InChI=1S/C24H24BrNOS/c25-17-16-23(27)26-18-19-28-24(20-10-4-1-5-11-20,21-12-6-2-7-13-21)22-14-8-3-9-15-22/h1-15H,16-19H2,(H,26,27). The molecule has 3 aromatic rings. The quantitative estimate of drug-likeness (QED) is 0.259. The van der Waals surface area contributed by atoms with E-state index in [2.05, 4.69) is 112 Å². The highest BCUT2D eigenvalue weighted by Crippen LogP contribution is 2.48. The van der Waals surface area contributed by atoms with Gasteiger partial charge in [-0.3, -0.25) is 4.79 Å². The summed E-state index contributed by atoms with van der Waals surface area (Å²) in [6.45, 7) is 0.644. The minimum absolute atomic E-state index is 0.0854. The van der Waals surface area contributed by atoms with Gasteiger partial charge >= 0.3 is 0 Å². The normalized spacial score (nSPS) is 11.2. The maximum atomic E-state index is 11.8. The topological polar surface area (TPSA) is 29.1 Å². The summed E-state index contributed by atoms with van der Waals surface area (Å²) in [5, 5.41) is 3.71. The van der Waals surface area contributed by atoms with Gasteiger partial charge in [0.1, 0.15) is 0 Å². The van der Waals surface area contributed by atoms with Crippen LogP contribution in [0.4, 0.5) is 0 Å². The van der Waals surface area contributed by atoms with E-state index in [9.17, 15) is 4.79 Å². The Morgan fingerprint density at radius 1 is 0.786 bits per heavy atom. The number of carbonyl (C=O) groups excluding carboxylic acids is 1. The summed E-state index contributed by atoms with van der Waals surface area (Å²) in [6.07, 6.45) is 0.506. The maximum absolute atomic E-state index is 11.8. The zero-order valence-corrected chi connectivity index (χ0v) is 18.1. The van der Waals surface area contributed by atoms with Crippen LogP contribution >= 0.6 is 27.7 Å². The van der Waals surface area contributed by atoms with E-state index in [0.29, 0.717) is 18.3 Å². The van der Waals surface area contributed by atoms with Crippen LogP contribution in [0.1, 0.15) is 23.1 Å². The van der Waals surface area contributed by atoms with Crippen LogP contribution in [0.25, 0.3) is 0 Å². The van der Waals surface area contributed by atoms with Gasteiger partial charge in [0.2, 0.25) is 5.91 Å². The van der Waals surface area contributed by atoms with Crippen molar-refractivity contribution in [2.45, 2.75) is 11.2 Å². The highest BCUT2D eigenvalue weighted by molar-refractivity contribution is 9.09. The van der Waals surface area contributed by atoms with Crippen molar-refractivity contribution >= 4 is 33.6 Å². The van der Waals surface area contributed by atoms with Crippen molar-refractivity contribution in [1.82, 2.24) is 5.32 Å². The molecule has 0 aliphatic heterocycles. The van der Waals surface area contributed by atoms with E-state index in [4.69, 9.17) is 0 Å². The third-order valence-corrected chi connectivity index (χ3v) is 6.55. The number of carbonyl (C=O) groups is 1. The van der Waals surface area contributed by atoms with Crippen LogP contribution in [0.5, 0.6) is 0 Å². The zero-order valence-electron chi connectivity index (χ0n) is 15.7. The first-order valence-corrected chi connectivity index (χ1v) is 11.5. The second-order valence-corrected chi connectivity index (χ2v) is 8.52. The summed E-state index contributed by atoms with van der Waals surface area (Å²) in [6, 6.07) is 31.8. The number of rotatable bonds is 9. The van der Waals surface area contributed by atoms with E-state index < -0.39 is 0 Å². The monoisotopic (exact) mass is 453 g/mol. The van der Waals surface area contributed by atoms with Gasteiger partial charge in [0.15, 0.2) is 0 Å². The molecule has 144 valence electrons. The highest BCUT2D eigenvalue weighted by atomic mass is 79.9. The van der Waals surface area contributed by atoms with Crippen LogP contribution in [0.3, 0.4) is 0 Å². The van der Waals surface area contributed by atoms with Gasteiger partial charge in [-0.25, -0.2) is 0 Å². The number of alkyl halides is 1. The average molecular weight is 454 g/mol. The summed E-state index contributed by atoms with van der Waals surface area (Å²) in [5.74, 6) is 0.898. The fraction of sp³-hybridized carbons (Fsp3) is 0.208. The molecule has 3 rings (SSSR count). The summed E-state index contributed by atoms with van der Waals surface area (Å²) in [4.78, 5) is 11.8. The zero-order chi connectivity index (χ0) is 19.7. The first-order chi connectivity index (χ1) is 13.8. The van der Waals surface area contributed by atoms with Gasteiger partial charge in [-0.1, -0.05) is 107 Å². The Hall–Kier alpha value is -2.04. The molecule has 0 atom stereocenters. The molecule has 0 aromatic heterocycles. The number of thioether (sulfide) groups is 1. The molecular weight excluding hydrogens is 430 g/mol. The Balaban J connectivity index is 1.98. The van der Waals surface area contributed by atoms with E-state index in [1.54, 1.807) is 0 Å². The van der Waals surface area contributed by atoms with Crippen molar-refractivity contribution in [2.24, 2.45) is 0 Å². The lowest BCUT2D eigenvalue weighted by atomic mass is 9.84. The molecule has 0 unspecified atom stereocenters. The number of halogens is 1. The van der Waals surface area contributed by atoms with Crippen LogP contribution in [-0.2, 0) is 9.54 Å². The van der Waals surface area contributed by atoms with Crippen LogP contribution in [0, 0.1) is 0 Å². The first kappa shape index (κ1) is 20.7. The number of amides is 1. The summed E-state index contributed by atoms with van der Waals surface area (Å²) in [5.41, 5.74) is 3.72. The Morgan fingerprint density at radius 2 is 1.21 bits per heavy atom. The molecular formula is C24H24BrNOS. The van der Waals surface area contributed by atoms with Gasteiger partial charge in [-0.2, -0.15) is 0 Å². The van der Waals surface area contributed by atoms with E-state index in [0.717, 1.165) is 5.75 Å². The van der Waals surface area contributed by atoms with E-state index in [1.165, 1.54) is 16.7 Å². The largest absolute Gasteiger partial charge is 0.355 e. The Morgan fingerprint density at radius 3 is 1.61 bits per heavy atom. The fourth-order valence-electron chi connectivity index (χ4n) is 3.34. The molecule has 0 fully saturated rings. The smallest absolute Gasteiger partial charge is 0.220 e. The predicted octanol–water partition coefficient (Wildman–Crippen LogP) is 5.61. The molecule has 0 bridgehead atoms. The molecule has 3 aromatic carbocycles. The van der Waals surface area contributed by atoms with E-state index in [-0.39, 0.29) is 10.7 Å². The van der Waals surface area contributed by atoms with Crippen LogP contribution in [-0.4, -0.2) is 23.5 Å². The lowest BCUT2D eigenvalue weighted by molar-refractivity contribution is -0.120. The van der Waals surface area contributed by atoms with Gasteiger partial charge in [0.05, 0.1) is 4.75 Å². The molecule has 28 heavy (non-hydrogen) atoms. The number of hydrogen-bond donors (Lipinski definition) is 1. The van der Waals surface area contributed by atoms with E-state index in [1.807, 2.05) is 11.8 Å².